The molecule has 0 spiro atoms. The summed E-state index contributed by atoms with van der Waals surface area (Å²) in [4.78, 5) is 41.8. The number of anilines is 1. The van der Waals surface area contributed by atoms with Crippen LogP contribution in [0.25, 0.3) is 22.0 Å². The van der Waals surface area contributed by atoms with Crippen LogP contribution in [0.5, 0.6) is 0 Å². The van der Waals surface area contributed by atoms with Crippen LogP contribution in [-0.4, -0.2) is 35.1 Å². The standard InChI is InChI=1S/C20H13ClF3N3O4/c1-31-18(29)11-5-6-13-15(9-11)26-16(27-17(13)28)14(21)8-10-3-2-4-12(7-10)25-19(30)20(22,23)24/h2-9H,1H3,(H,25,30)(H,26,27,28)/b14-8-. The average Bonchev–Trinajstić information content (AvgIpc) is 2.72. The number of amides is 1. The summed E-state index contributed by atoms with van der Waals surface area (Å²) in [5.74, 6) is -2.74. The fraction of sp³-hybridized carbons (Fsp3) is 0.100. The topological polar surface area (TPSA) is 101 Å². The highest BCUT2D eigenvalue weighted by molar-refractivity contribution is 6.50. The molecule has 7 nitrogen and oxygen atoms in total. The minimum atomic E-state index is -5.03. The van der Waals surface area contributed by atoms with Crippen LogP contribution < -0.4 is 10.9 Å². The van der Waals surface area contributed by atoms with Crippen molar-refractivity contribution in [3.63, 3.8) is 0 Å². The van der Waals surface area contributed by atoms with Gasteiger partial charge in [-0.2, -0.15) is 13.2 Å². The molecule has 0 bridgehead atoms. The predicted molar refractivity (Wildman–Crippen MR) is 109 cm³/mol. The first-order chi connectivity index (χ1) is 14.6. The van der Waals surface area contributed by atoms with Crippen LogP contribution in [0, 0.1) is 0 Å². The second-order valence-electron chi connectivity index (χ2n) is 6.21. The summed E-state index contributed by atoms with van der Waals surface area (Å²) in [5, 5.41) is 1.93. The van der Waals surface area contributed by atoms with Crippen molar-refractivity contribution >= 4 is 51.2 Å². The third-order valence-electron chi connectivity index (χ3n) is 4.05. The van der Waals surface area contributed by atoms with E-state index >= 15 is 0 Å². The molecule has 0 aliphatic carbocycles. The van der Waals surface area contributed by atoms with E-state index in [0.717, 1.165) is 0 Å². The van der Waals surface area contributed by atoms with Gasteiger partial charge in [-0.15, -0.1) is 0 Å². The van der Waals surface area contributed by atoms with Crippen molar-refractivity contribution in [1.82, 2.24) is 9.97 Å². The van der Waals surface area contributed by atoms with Gasteiger partial charge in [-0.05, 0) is 42.0 Å². The highest BCUT2D eigenvalue weighted by Gasteiger charge is 2.38. The molecule has 0 saturated carbocycles. The molecule has 0 saturated heterocycles. The lowest BCUT2D eigenvalue weighted by Crippen LogP contribution is -2.29. The van der Waals surface area contributed by atoms with Gasteiger partial charge in [0.1, 0.15) is 0 Å². The van der Waals surface area contributed by atoms with Crippen LogP contribution in [0.2, 0.25) is 0 Å². The quantitative estimate of drug-likeness (QED) is 0.585. The second kappa shape index (κ2) is 8.60. The second-order valence-corrected chi connectivity index (χ2v) is 6.61. The summed E-state index contributed by atoms with van der Waals surface area (Å²) >= 11 is 6.24. The first-order valence-corrected chi connectivity index (χ1v) is 8.94. The Hall–Kier alpha value is -3.66. The lowest BCUT2D eigenvalue weighted by atomic mass is 10.1. The van der Waals surface area contributed by atoms with E-state index < -0.39 is 23.6 Å². The highest BCUT2D eigenvalue weighted by Crippen LogP contribution is 2.23. The summed E-state index contributed by atoms with van der Waals surface area (Å²) in [6, 6.07) is 9.70. The smallest absolute Gasteiger partial charge is 0.465 e. The molecule has 1 amide bonds. The molecule has 0 aliphatic heterocycles. The molecule has 0 aliphatic rings. The molecule has 31 heavy (non-hydrogen) atoms. The molecule has 2 N–H and O–H groups in total. The number of nitrogens with one attached hydrogen (secondary N) is 2. The fourth-order valence-corrected chi connectivity index (χ4v) is 2.84. The number of carbonyl (C=O) groups excluding carboxylic acids is 2. The van der Waals surface area contributed by atoms with Crippen molar-refractivity contribution in [2.45, 2.75) is 6.18 Å². The third-order valence-corrected chi connectivity index (χ3v) is 4.34. The van der Waals surface area contributed by atoms with Gasteiger partial charge in [-0.3, -0.25) is 9.59 Å². The van der Waals surface area contributed by atoms with E-state index in [4.69, 9.17) is 11.6 Å². The third kappa shape index (κ3) is 5.10. The van der Waals surface area contributed by atoms with Crippen molar-refractivity contribution in [2.75, 3.05) is 12.4 Å². The van der Waals surface area contributed by atoms with Crippen molar-refractivity contribution in [2.24, 2.45) is 0 Å². The number of alkyl halides is 3. The van der Waals surface area contributed by atoms with Crippen LogP contribution in [0.15, 0.2) is 47.3 Å². The van der Waals surface area contributed by atoms with Gasteiger partial charge in [0, 0.05) is 5.69 Å². The summed E-state index contributed by atoms with van der Waals surface area (Å²) in [5.41, 5.74) is 0.125. The first kappa shape index (κ1) is 22.0. The fourth-order valence-electron chi connectivity index (χ4n) is 2.62. The Morgan fingerprint density at radius 1 is 1.19 bits per heavy atom. The number of methoxy groups -OCH3 is 1. The molecule has 3 aromatic rings. The number of hydrogen-bond donors (Lipinski definition) is 2. The number of rotatable bonds is 4. The highest BCUT2D eigenvalue weighted by atomic mass is 35.5. The van der Waals surface area contributed by atoms with Crippen molar-refractivity contribution in [3.05, 3.63) is 69.8 Å². The van der Waals surface area contributed by atoms with E-state index in [2.05, 4.69) is 14.7 Å². The molecule has 0 fully saturated rings. The monoisotopic (exact) mass is 451 g/mol. The van der Waals surface area contributed by atoms with Crippen molar-refractivity contribution < 1.29 is 27.5 Å². The summed E-state index contributed by atoms with van der Waals surface area (Å²) in [6.07, 6.45) is -3.68. The van der Waals surface area contributed by atoms with Gasteiger partial charge in [-0.25, -0.2) is 9.78 Å². The number of fused-ring (bicyclic) bond motifs is 1. The Balaban J connectivity index is 1.96. The Labute approximate surface area is 177 Å². The zero-order valence-electron chi connectivity index (χ0n) is 15.7. The van der Waals surface area contributed by atoms with Crippen LogP contribution in [0.4, 0.5) is 18.9 Å². The number of hydrogen-bond acceptors (Lipinski definition) is 5. The van der Waals surface area contributed by atoms with E-state index in [0.29, 0.717) is 5.56 Å². The van der Waals surface area contributed by atoms with E-state index in [1.165, 1.54) is 55.7 Å². The van der Waals surface area contributed by atoms with E-state index in [9.17, 15) is 27.6 Å². The molecule has 160 valence electrons. The zero-order valence-corrected chi connectivity index (χ0v) is 16.5. The lowest BCUT2D eigenvalue weighted by Gasteiger charge is -2.08. The van der Waals surface area contributed by atoms with Gasteiger partial charge in [0.25, 0.3) is 5.56 Å². The van der Waals surface area contributed by atoms with Crippen LogP contribution in [0.3, 0.4) is 0 Å². The van der Waals surface area contributed by atoms with Crippen LogP contribution in [0.1, 0.15) is 21.7 Å². The van der Waals surface area contributed by atoms with E-state index in [-0.39, 0.29) is 33.0 Å². The molecule has 2 aromatic carbocycles. The maximum Gasteiger partial charge on any atom is 0.471 e. The van der Waals surface area contributed by atoms with E-state index in [1.807, 2.05) is 0 Å². The van der Waals surface area contributed by atoms with Crippen LogP contribution >= 0.6 is 11.6 Å². The Morgan fingerprint density at radius 3 is 2.61 bits per heavy atom. The molecule has 0 radical (unpaired) electrons. The molecule has 0 atom stereocenters. The number of halogens is 4. The summed E-state index contributed by atoms with van der Waals surface area (Å²) in [6.45, 7) is 0. The number of benzene rings is 2. The number of nitrogens with zero attached hydrogens (tertiary/aromatic N) is 1. The minimum absolute atomic E-state index is 0.0223. The Morgan fingerprint density at radius 2 is 1.94 bits per heavy atom. The molecular formula is C20H13ClF3N3O4. The largest absolute Gasteiger partial charge is 0.471 e. The molecule has 1 aromatic heterocycles. The summed E-state index contributed by atoms with van der Waals surface area (Å²) < 4.78 is 41.9. The maximum absolute atomic E-state index is 12.4. The van der Waals surface area contributed by atoms with E-state index in [1.54, 1.807) is 5.32 Å². The van der Waals surface area contributed by atoms with Gasteiger partial charge in [0.15, 0.2) is 5.82 Å². The van der Waals surface area contributed by atoms with Gasteiger partial charge >= 0.3 is 18.1 Å². The lowest BCUT2D eigenvalue weighted by molar-refractivity contribution is -0.167. The van der Waals surface area contributed by atoms with Crippen LogP contribution in [-0.2, 0) is 9.53 Å². The van der Waals surface area contributed by atoms with Gasteiger partial charge < -0.3 is 15.0 Å². The SMILES string of the molecule is COC(=O)c1ccc2c(=O)[nH]c(/C(Cl)=C/c3cccc(NC(=O)C(F)(F)F)c3)nc2c1. The maximum atomic E-state index is 12.4. The molecular weight excluding hydrogens is 439 g/mol. The Bertz CT molecular complexity index is 1270. The van der Waals surface area contributed by atoms with Gasteiger partial charge in [0.05, 0.1) is 28.6 Å². The zero-order chi connectivity index (χ0) is 22.8. The number of carbonyl (C=O) groups is 2. The first-order valence-electron chi connectivity index (χ1n) is 8.56. The molecule has 11 heteroatoms. The number of H-pyrrole nitrogens is 1. The minimum Gasteiger partial charge on any atom is -0.465 e. The van der Waals surface area contributed by atoms with Gasteiger partial charge in [0.2, 0.25) is 0 Å². The number of esters is 1. The number of aromatic amines is 1. The normalized spacial score (nSPS) is 12.0. The predicted octanol–water partition coefficient (Wildman–Crippen LogP) is 3.95. The molecule has 0 unspecified atom stereocenters. The number of aromatic nitrogens is 2. The molecule has 1 heterocycles. The Kier molecular flexibility index (Phi) is 6.11. The van der Waals surface area contributed by atoms with Crippen molar-refractivity contribution in [1.29, 1.82) is 0 Å². The average molecular weight is 452 g/mol. The molecule has 3 rings (SSSR count). The van der Waals surface area contributed by atoms with Crippen molar-refractivity contribution in [3.8, 4) is 0 Å². The summed E-state index contributed by atoms with van der Waals surface area (Å²) in [7, 11) is 1.22. The van der Waals surface area contributed by atoms with Gasteiger partial charge in [-0.1, -0.05) is 23.7 Å². The number of ether oxygens (including phenoxy) is 1.